The van der Waals surface area contributed by atoms with E-state index in [1.54, 1.807) is 36.4 Å². The van der Waals surface area contributed by atoms with Gasteiger partial charge in [0, 0.05) is 36.4 Å². The number of carboxylic acids is 1. The molecule has 32 heavy (non-hydrogen) atoms. The highest BCUT2D eigenvalue weighted by atomic mass is 16.5. The third-order valence-electron chi connectivity index (χ3n) is 4.38. The van der Waals surface area contributed by atoms with Crippen LogP contribution in [-0.4, -0.2) is 52.0 Å². The van der Waals surface area contributed by atoms with E-state index in [0.717, 1.165) is 0 Å². The topological polar surface area (TPSA) is 113 Å². The van der Waals surface area contributed by atoms with E-state index in [4.69, 9.17) is 28.8 Å². The Hall–Kier alpha value is -3.88. The molecule has 172 valence electrons. The van der Waals surface area contributed by atoms with Gasteiger partial charge in [-0.1, -0.05) is 0 Å². The number of methoxy groups -OCH3 is 4. The van der Waals surface area contributed by atoms with Gasteiger partial charge in [-0.2, -0.15) is 0 Å². The highest BCUT2D eigenvalue weighted by Gasteiger charge is 2.12. The first kappa shape index (κ1) is 24.4. The second kappa shape index (κ2) is 12.1. The molecule has 0 heterocycles. The van der Waals surface area contributed by atoms with Gasteiger partial charge in [-0.3, -0.25) is 9.59 Å². The summed E-state index contributed by atoms with van der Waals surface area (Å²) in [6.07, 6.45) is 3.29. The van der Waals surface area contributed by atoms with Crippen LogP contribution in [0.5, 0.6) is 28.7 Å². The molecule has 0 aliphatic carbocycles. The van der Waals surface area contributed by atoms with Crippen molar-refractivity contribution in [2.45, 2.75) is 12.8 Å². The third-order valence-corrected chi connectivity index (χ3v) is 4.38. The van der Waals surface area contributed by atoms with E-state index in [-0.39, 0.29) is 18.9 Å². The van der Waals surface area contributed by atoms with Crippen LogP contribution in [0.15, 0.2) is 36.4 Å². The van der Waals surface area contributed by atoms with Gasteiger partial charge in [-0.25, -0.2) is 0 Å². The lowest BCUT2D eigenvalue weighted by Crippen LogP contribution is -2.09. The van der Waals surface area contributed by atoms with Crippen molar-refractivity contribution >= 4 is 23.6 Å². The predicted molar refractivity (Wildman–Crippen MR) is 119 cm³/mol. The summed E-state index contributed by atoms with van der Waals surface area (Å²) in [6.45, 7) is 0.205. The first-order valence-electron chi connectivity index (χ1n) is 9.73. The summed E-state index contributed by atoms with van der Waals surface area (Å²) < 4.78 is 26.8. The molecule has 9 heteroatoms. The molecule has 9 nitrogen and oxygen atoms in total. The van der Waals surface area contributed by atoms with Gasteiger partial charge in [0.15, 0.2) is 11.5 Å². The van der Waals surface area contributed by atoms with Crippen LogP contribution in [0.2, 0.25) is 0 Å². The number of hydrogen-bond acceptors (Lipinski definition) is 7. The lowest BCUT2D eigenvalue weighted by molar-refractivity contribution is -0.137. The van der Waals surface area contributed by atoms with Crippen LogP contribution in [0, 0.1) is 0 Å². The van der Waals surface area contributed by atoms with Crippen molar-refractivity contribution in [1.29, 1.82) is 0 Å². The number of rotatable bonds is 12. The number of aliphatic carboxylic acids is 1. The van der Waals surface area contributed by atoms with E-state index in [1.807, 2.05) is 0 Å². The maximum absolute atomic E-state index is 12.5. The zero-order valence-electron chi connectivity index (χ0n) is 18.5. The number of hydrogen-bond donors (Lipinski definition) is 2. The predicted octanol–water partition coefficient (Wildman–Crippen LogP) is 3.62. The number of carbonyl (C=O) groups excluding carboxylic acids is 1. The zero-order valence-corrected chi connectivity index (χ0v) is 18.5. The molecule has 0 atom stereocenters. The Kier molecular flexibility index (Phi) is 9.22. The Morgan fingerprint density at radius 1 is 0.906 bits per heavy atom. The molecule has 0 bridgehead atoms. The fourth-order valence-electron chi connectivity index (χ4n) is 2.81. The van der Waals surface area contributed by atoms with Gasteiger partial charge in [0.1, 0.15) is 17.2 Å². The maximum atomic E-state index is 12.5. The summed E-state index contributed by atoms with van der Waals surface area (Å²) in [7, 11) is 6.06. The number of amides is 1. The van der Waals surface area contributed by atoms with Crippen LogP contribution in [0.4, 0.5) is 5.69 Å². The van der Waals surface area contributed by atoms with Gasteiger partial charge in [-0.15, -0.1) is 0 Å². The van der Waals surface area contributed by atoms with Crippen molar-refractivity contribution < 1.29 is 38.4 Å². The molecule has 2 N–H and O–H groups in total. The summed E-state index contributed by atoms with van der Waals surface area (Å²) in [5, 5.41) is 11.5. The molecular weight excluding hydrogens is 418 g/mol. The van der Waals surface area contributed by atoms with Crippen molar-refractivity contribution in [3.05, 3.63) is 42.0 Å². The van der Waals surface area contributed by atoms with Crippen LogP contribution in [0.25, 0.3) is 6.08 Å². The fourth-order valence-corrected chi connectivity index (χ4v) is 2.81. The van der Waals surface area contributed by atoms with E-state index in [1.165, 1.54) is 34.5 Å². The minimum Gasteiger partial charge on any atom is -0.496 e. The first-order chi connectivity index (χ1) is 15.4. The SMILES string of the molecule is COc1cc(OC)c(C=CC(=O)Nc2ccc(OC)c(OCCCC(=O)O)c2)c(OC)c1. The van der Waals surface area contributed by atoms with Crippen LogP contribution < -0.4 is 29.0 Å². The Labute approximate surface area is 186 Å². The number of nitrogens with one attached hydrogen (secondary N) is 1. The fraction of sp³-hybridized carbons (Fsp3) is 0.304. The summed E-state index contributed by atoms with van der Waals surface area (Å²) in [6, 6.07) is 8.32. The standard InChI is InChI=1S/C23H27NO8/c1-28-16-13-19(30-3)17(20(14-16)31-4)8-10-22(25)24-15-7-9-18(29-2)21(12-15)32-11-5-6-23(26)27/h7-10,12-14H,5-6,11H2,1-4H3,(H,24,25)(H,26,27). The molecule has 0 fully saturated rings. The average molecular weight is 445 g/mol. The van der Waals surface area contributed by atoms with Crippen molar-refractivity contribution in [2.75, 3.05) is 40.4 Å². The van der Waals surface area contributed by atoms with Gasteiger partial charge in [0.25, 0.3) is 0 Å². The third kappa shape index (κ3) is 6.83. The minimum absolute atomic E-state index is 0.00181. The normalized spacial score (nSPS) is 10.5. The van der Waals surface area contributed by atoms with E-state index >= 15 is 0 Å². The molecule has 1 amide bonds. The molecule has 2 aromatic carbocycles. The van der Waals surface area contributed by atoms with Crippen LogP contribution in [0.1, 0.15) is 18.4 Å². The quantitative estimate of drug-likeness (QED) is 0.376. The summed E-state index contributed by atoms with van der Waals surface area (Å²) >= 11 is 0. The summed E-state index contributed by atoms with van der Waals surface area (Å²) in [5.74, 6) is 1.15. The van der Waals surface area contributed by atoms with Crippen LogP contribution in [-0.2, 0) is 9.59 Å². The minimum atomic E-state index is -0.890. The van der Waals surface area contributed by atoms with Gasteiger partial charge in [0.2, 0.25) is 5.91 Å². The lowest BCUT2D eigenvalue weighted by atomic mass is 10.1. The number of benzene rings is 2. The highest BCUT2D eigenvalue weighted by Crippen LogP contribution is 2.35. The zero-order chi connectivity index (χ0) is 23.5. The highest BCUT2D eigenvalue weighted by molar-refractivity contribution is 6.02. The smallest absolute Gasteiger partial charge is 0.303 e. The van der Waals surface area contributed by atoms with Crippen molar-refractivity contribution in [1.82, 2.24) is 0 Å². The van der Waals surface area contributed by atoms with Crippen LogP contribution in [0.3, 0.4) is 0 Å². The molecule has 0 saturated heterocycles. The largest absolute Gasteiger partial charge is 0.496 e. The maximum Gasteiger partial charge on any atom is 0.303 e. The Bertz CT molecular complexity index is 945. The summed E-state index contributed by atoms with van der Waals surface area (Å²) in [5.41, 5.74) is 1.07. The Balaban J connectivity index is 2.13. The molecule has 0 radical (unpaired) electrons. The molecule has 0 aliphatic heterocycles. The van der Waals surface area contributed by atoms with E-state index in [9.17, 15) is 9.59 Å². The first-order valence-corrected chi connectivity index (χ1v) is 9.73. The van der Waals surface area contributed by atoms with Gasteiger partial charge < -0.3 is 34.1 Å². The molecule has 0 spiro atoms. The second-order valence-corrected chi connectivity index (χ2v) is 6.48. The second-order valence-electron chi connectivity index (χ2n) is 6.48. The molecule has 2 aromatic rings. The van der Waals surface area contributed by atoms with Crippen molar-refractivity contribution in [3.8, 4) is 28.7 Å². The lowest BCUT2D eigenvalue weighted by Gasteiger charge is -2.13. The Morgan fingerprint density at radius 3 is 2.12 bits per heavy atom. The van der Waals surface area contributed by atoms with Gasteiger partial charge in [-0.05, 0) is 24.6 Å². The molecule has 0 aromatic heterocycles. The van der Waals surface area contributed by atoms with E-state index < -0.39 is 5.97 Å². The van der Waals surface area contributed by atoms with E-state index in [2.05, 4.69) is 5.32 Å². The van der Waals surface area contributed by atoms with Gasteiger partial charge in [0.05, 0.1) is 40.6 Å². The molecule has 0 saturated carbocycles. The molecule has 0 unspecified atom stereocenters. The van der Waals surface area contributed by atoms with Gasteiger partial charge >= 0.3 is 5.97 Å². The Morgan fingerprint density at radius 2 is 1.56 bits per heavy atom. The summed E-state index contributed by atoms with van der Waals surface area (Å²) in [4.78, 5) is 23.1. The molecule has 2 rings (SSSR count). The number of anilines is 1. The van der Waals surface area contributed by atoms with Crippen LogP contribution >= 0.6 is 0 Å². The molecular formula is C23H27NO8. The number of carbonyl (C=O) groups is 2. The monoisotopic (exact) mass is 445 g/mol. The van der Waals surface area contributed by atoms with Crippen molar-refractivity contribution in [3.63, 3.8) is 0 Å². The average Bonchev–Trinajstić information content (AvgIpc) is 2.79. The number of carboxylic acid groups (broad SMARTS) is 1. The van der Waals surface area contributed by atoms with E-state index in [0.29, 0.717) is 46.4 Å². The molecule has 0 aliphatic rings. The number of ether oxygens (including phenoxy) is 5. The van der Waals surface area contributed by atoms with Crippen molar-refractivity contribution in [2.24, 2.45) is 0 Å².